The zero-order valence-electron chi connectivity index (χ0n) is 8.03. The Kier molecular flexibility index (Phi) is 3.43. The molecule has 0 fully saturated rings. The quantitative estimate of drug-likeness (QED) is 0.541. The highest BCUT2D eigenvalue weighted by Crippen LogP contribution is 2.27. The van der Waals surface area contributed by atoms with E-state index in [9.17, 15) is 14.7 Å². The summed E-state index contributed by atoms with van der Waals surface area (Å²) in [5.74, 6) is -5.21. The summed E-state index contributed by atoms with van der Waals surface area (Å²) in [6.07, 6.45) is 0.477. The molecule has 3 N–H and O–H groups in total. The number of methoxy groups -OCH3 is 1. The van der Waals surface area contributed by atoms with Crippen molar-refractivity contribution in [2.45, 2.75) is 12.2 Å². The maximum Gasteiger partial charge on any atom is 0.311 e. The molecule has 0 spiro atoms. The minimum Gasteiger partial charge on any atom is -0.481 e. The predicted octanol–water partition coefficient (Wildman–Crippen LogP) is -0.666. The van der Waals surface area contributed by atoms with Gasteiger partial charge >= 0.3 is 11.9 Å². The summed E-state index contributed by atoms with van der Waals surface area (Å²) in [5, 5.41) is 27.2. The Morgan fingerprint density at radius 1 is 1.20 bits per heavy atom. The van der Waals surface area contributed by atoms with E-state index < -0.39 is 36.0 Å². The zero-order chi connectivity index (χ0) is 11.6. The van der Waals surface area contributed by atoms with Crippen molar-refractivity contribution in [1.82, 2.24) is 0 Å². The van der Waals surface area contributed by atoms with E-state index in [4.69, 9.17) is 14.9 Å². The molecule has 0 aromatic rings. The first-order chi connectivity index (χ1) is 6.99. The number of hydrogen-bond acceptors (Lipinski definition) is 4. The number of carboxylic acid groups (broad SMARTS) is 2. The van der Waals surface area contributed by atoms with E-state index in [1.807, 2.05) is 0 Å². The largest absolute Gasteiger partial charge is 0.481 e. The Labute approximate surface area is 85.8 Å². The van der Waals surface area contributed by atoms with Crippen molar-refractivity contribution in [3.8, 4) is 0 Å². The van der Waals surface area contributed by atoms with Crippen molar-refractivity contribution < 1.29 is 29.6 Å². The minimum absolute atomic E-state index is 0.776. The third-order valence-electron chi connectivity index (χ3n) is 2.44. The summed E-state index contributed by atoms with van der Waals surface area (Å²) in [7, 11) is 1.32. The number of carboxylic acids is 2. The number of carbonyl (C=O) groups is 2. The van der Waals surface area contributed by atoms with Crippen LogP contribution in [-0.4, -0.2) is 46.6 Å². The van der Waals surface area contributed by atoms with Gasteiger partial charge in [0.25, 0.3) is 0 Å². The third-order valence-corrected chi connectivity index (χ3v) is 2.44. The molecule has 0 heterocycles. The zero-order valence-corrected chi connectivity index (χ0v) is 8.03. The summed E-state index contributed by atoms with van der Waals surface area (Å²) >= 11 is 0. The van der Waals surface area contributed by atoms with Crippen LogP contribution in [0, 0.1) is 11.8 Å². The number of aliphatic hydroxyl groups excluding tert-OH is 1. The molecule has 6 nitrogen and oxygen atoms in total. The number of aliphatic hydroxyl groups is 1. The van der Waals surface area contributed by atoms with E-state index >= 15 is 0 Å². The molecular weight excluding hydrogens is 204 g/mol. The fourth-order valence-electron chi connectivity index (χ4n) is 1.63. The first-order valence-electron chi connectivity index (χ1n) is 4.33. The monoisotopic (exact) mass is 216 g/mol. The highest BCUT2D eigenvalue weighted by molar-refractivity contribution is 5.82. The molecule has 1 aliphatic carbocycles. The molecule has 0 aromatic heterocycles. The molecule has 6 heteroatoms. The highest BCUT2D eigenvalue weighted by atomic mass is 16.5. The van der Waals surface area contributed by atoms with Crippen LogP contribution in [-0.2, 0) is 14.3 Å². The third kappa shape index (κ3) is 2.16. The molecule has 0 radical (unpaired) electrons. The highest BCUT2D eigenvalue weighted by Gasteiger charge is 2.43. The van der Waals surface area contributed by atoms with Gasteiger partial charge in [-0.1, -0.05) is 12.2 Å². The Morgan fingerprint density at radius 3 is 2.20 bits per heavy atom. The van der Waals surface area contributed by atoms with Gasteiger partial charge < -0.3 is 20.1 Å². The van der Waals surface area contributed by atoms with E-state index in [1.165, 1.54) is 19.3 Å². The number of rotatable bonds is 3. The summed E-state index contributed by atoms with van der Waals surface area (Å²) in [6.45, 7) is 0. The molecule has 0 bridgehead atoms. The maximum absolute atomic E-state index is 10.8. The Hall–Kier alpha value is -1.40. The van der Waals surface area contributed by atoms with E-state index in [0.717, 1.165) is 0 Å². The van der Waals surface area contributed by atoms with Crippen molar-refractivity contribution in [3.05, 3.63) is 12.2 Å². The smallest absolute Gasteiger partial charge is 0.311 e. The summed E-state index contributed by atoms with van der Waals surface area (Å²) in [6, 6.07) is 0. The number of aliphatic carboxylic acids is 2. The van der Waals surface area contributed by atoms with Gasteiger partial charge in [0.1, 0.15) is 12.0 Å². The molecule has 0 aliphatic heterocycles. The molecule has 1 rings (SSSR count). The van der Waals surface area contributed by atoms with Crippen molar-refractivity contribution in [2.24, 2.45) is 11.8 Å². The average Bonchev–Trinajstić information content (AvgIpc) is 2.16. The average molecular weight is 216 g/mol. The van der Waals surface area contributed by atoms with Gasteiger partial charge in [-0.25, -0.2) is 0 Å². The molecule has 0 amide bonds. The van der Waals surface area contributed by atoms with Gasteiger partial charge in [0.2, 0.25) is 0 Å². The molecule has 1 aliphatic rings. The van der Waals surface area contributed by atoms with Crippen LogP contribution >= 0.6 is 0 Å². The second kappa shape index (κ2) is 4.41. The minimum atomic E-state index is -1.38. The van der Waals surface area contributed by atoms with Crippen LogP contribution < -0.4 is 0 Å². The van der Waals surface area contributed by atoms with Crippen molar-refractivity contribution in [3.63, 3.8) is 0 Å². The van der Waals surface area contributed by atoms with Gasteiger partial charge in [-0.2, -0.15) is 0 Å². The summed E-state index contributed by atoms with van der Waals surface area (Å²) in [5.41, 5.74) is 0. The van der Waals surface area contributed by atoms with Crippen LogP contribution in [0.4, 0.5) is 0 Å². The first-order valence-corrected chi connectivity index (χ1v) is 4.33. The molecular formula is C9H12O6. The van der Waals surface area contributed by atoms with E-state index in [1.54, 1.807) is 0 Å². The molecule has 0 aromatic carbocycles. The van der Waals surface area contributed by atoms with Crippen molar-refractivity contribution >= 4 is 11.9 Å². The van der Waals surface area contributed by atoms with Gasteiger partial charge in [-0.05, 0) is 0 Å². The normalized spacial score (nSPS) is 35.1. The molecule has 0 unspecified atom stereocenters. The SMILES string of the molecule is CO[C@@H]1C=C[C@H](C(=O)O)[C@@H](C(=O)O)[C@H]1O. The molecule has 4 atom stereocenters. The number of hydrogen-bond donors (Lipinski definition) is 3. The van der Waals surface area contributed by atoms with Crippen LogP contribution in [0.3, 0.4) is 0 Å². The fourth-order valence-corrected chi connectivity index (χ4v) is 1.63. The Balaban J connectivity index is 3.00. The van der Waals surface area contributed by atoms with Gasteiger partial charge in [-0.15, -0.1) is 0 Å². The van der Waals surface area contributed by atoms with Crippen LogP contribution in [0.1, 0.15) is 0 Å². The van der Waals surface area contributed by atoms with Gasteiger partial charge in [0.05, 0.1) is 12.0 Å². The van der Waals surface area contributed by atoms with Crippen LogP contribution in [0.25, 0.3) is 0 Å². The van der Waals surface area contributed by atoms with E-state index in [-0.39, 0.29) is 0 Å². The lowest BCUT2D eigenvalue weighted by Crippen LogP contribution is -2.46. The van der Waals surface area contributed by atoms with E-state index in [2.05, 4.69) is 0 Å². The topological polar surface area (TPSA) is 104 Å². The van der Waals surface area contributed by atoms with Crippen LogP contribution in [0.2, 0.25) is 0 Å². The van der Waals surface area contributed by atoms with Gasteiger partial charge in [-0.3, -0.25) is 9.59 Å². The van der Waals surface area contributed by atoms with Gasteiger partial charge in [0, 0.05) is 7.11 Å². The standard InChI is InChI=1S/C9H12O6/c1-15-5-3-2-4(8(11)12)6(7(5)10)9(13)14/h2-7,10H,1H3,(H,11,12)(H,13,14)/t4-,5+,6+,7-/m0/s1. The lowest BCUT2D eigenvalue weighted by molar-refractivity contribution is -0.160. The fraction of sp³-hybridized carbons (Fsp3) is 0.556. The molecule has 84 valence electrons. The lowest BCUT2D eigenvalue weighted by atomic mass is 9.80. The van der Waals surface area contributed by atoms with Crippen molar-refractivity contribution in [1.29, 1.82) is 0 Å². The summed E-state index contributed by atoms with van der Waals surface area (Å²) < 4.78 is 4.82. The Bertz CT molecular complexity index is 297. The van der Waals surface area contributed by atoms with E-state index in [0.29, 0.717) is 0 Å². The van der Waals surface area contributed by atoms with Crippen LogP contribution in [0.15, 0.2) is 12.2 Å². The predicted molar refractivity (Wildman–Crippen MR) is 48.2 cm³/mol. The first kappa shape index (κ1) is 11.7. The second-order valence-corrected chi connectivity index (χ2v) is 3.30. The summed E-state index contributed by atoms with van der Waals surface area (Å²) in [4.78, 5) is 21.6. The Morgan fingerprint density at radius 2 is 1.80 bits per heavy atom. The van der Waals surface area contributed by atoms with Crippen molar-refractivity contribution in [2.75, 3.05) is 7.11 Å². The lowest BCUT2D eigenvalue weighted by Gasteiger charge is -2.31. The maximum atomic E-state index is 10.8. The van der Waals surface area contributed by atoms with Gasteiger partial charge in [0.15, 0.2) is 0 Å². The molecule has 15 heavy (non-hydrogen) atoms. The number of ether oxygens (including phenoxy) is 1. The van der Waals surface area contributed by atoms with Crippen LogP contribution in [0.5, 0.6) is 0 Å². The molecule has 0 saturated heterocycles. The molecule has 0 saturated carbocycles. The second-order valence-electron chi connectivity index (χ2n) is 3.30.